The van der Waals surface area contributed by atoms with Crippen LogP contribution >= 0.6 is 22.6 Å². The molecule has 0 aliphatic rings. The Morgan fingerprint density at radius 3 is 2.73 bits per heavy atom. The highest BCUT2D eigenvalue weighted by molar-refractivity contribution is 14.1. The van der Waals surface area contributed by atoms with Gasteiger partial charge in [-0.2, -0.15) is 0 Å². The largest absolute Gasteiger partial charge is 0.336 e. The van der Waals surface area contributed by atoms with Gasteiger partial charge in [0.15, 0.2) is 0 Å². The van der Waals surface area contributed by atoms with Crippen LogP contribution in [0.1, 0.15) is 5.56 Å². The maximum atomic E-state index is 11.7. The molecule has 0 heterocycles. The summed E-state index contributed by atoms with van der Waals surface area (Å²) in [7, 11) is 0. The fourth-order valence-electron chi connectivity index (χ4n) is 1.04. The molecular formula is C10H12FIN2O. The average Bonchev–Trinajstić information content (AvgIpc) is 2.25. The van der Waals surface area contributed by atoms with Gasteiger partial charge in [-0.15, -0.1) is 0 Å². The summed E-state index contributed by atoms with van der Waals surface area (Å²) in [5, 5.41) is 5.05. The number of carbonyl (C=O) groups excluding carboxylic acids is 1. The highest BCUT2D eigenvalue weighted by atomic mass is 127. The smallest absolute Gasteiger partial charge is 0.315 e. The molecule has 0 atom stereocenters. The van der Waals surface area contributed by atoms with E-state index in [-0.39, 0.29) is 12.6 Å². The molecule has 1 rings (SSSR count). The molecule has 82 valence electrons. The van der Waals surface area contributed by atoms with E-state index < -0.39 is 6.67 Å². The quantitative estimate of drug-likeness (QED) is 0.819. The standard InChI is InChI=1S/C10H12FIN2O/c11-5-6-13-10(15)14-7-8-3-1-2-4-9(8)12/h1-4H,5-7H2,(H2,13,14,15). The fourth-order valence-corrected chi connectivity index (χ4v) is 1.62. The molecule has 15 heavy (non-hydrogen) atoms. The van der Waals surface area contributed by atoms with Gasteiger partial charge in [0, 0.05) is 16.7 Å². The van der Waals surface area contributed by atoms with Crippen LogP contribution in [0, 0.1) is 3.57 Å². The van der Waals surface area contributed by atoms with E-state index in [1.54, 1.807) is 0 Å². The zero-order chi connectivity index (χ0) is 11.1. The summed E-state index contributed by atoms with van der Waals surface area (Å²) >= 11 is 2.20. The minimum Gasteiger partial charge on any atom is -0.336 e. The van der Waals surface area contributed by atoms with E-state index in [1.807, 2.05) is 24.3 Å². The zero-order valence-corrected chi connectivity index (χ0v) is 10.3. The molecule has 0 bridgehead atoms. The highest BCUT2D eigenvalue weighted by Gasteiger charge is 2.01. The van der Waals surface area contributed by atoms with Crippen LogP contribution in [-0.4, -0.2) is 19.3 Å². The van der Waals surface area contributed by atoms with E-state index in [4.69, 9.17) is 0 Å². The molecule has 0 unspecified atom stereocenters. The van der Waals surface area contributed by atoms with Crippen LogP contribution in [-0.2, 0) is 6.54 Å². The van der Waals surface area contributed by atoms with Gasteiger partial charge in [-0.1, -0.05) is 18.2 Å². The number of halogens is 2. The zero-order valence-electron chi connectivity index (χ0n) is 8.09. The Balaban J connectivity index is 2.37. The minimum absolute atomic E-state index is 0.0533. The summed E-state index contributed by atoms with van der Waals surface area (Å²) in [5.74, 6) is 0. The summed E-state index contributed by atoms with van der Waals surface area (Å²) < 4.78 is 12.8. The van der Waals surface area contributed by atoms with Crippen LogP contribution in [0.3, 0.4) is 0 Å². The Morgan fingerprint density at radius 1 is 1.33 bits per heavy atom. The number of nitrogens with one attached hydrogen (secondary N) is 2. The Hall–Kier alpha value is -0.850. The highest BCUT2D eigenvalue weighted by Crippen LogP contribution is 2.10. The van der Waals surface area contributed by atoms with Crippen molar-refractivity contribution < 1.29 is 9.18 Å². The maximum Gasteiger partial charge on any atom is 0.315 e. The normalized spacial score (nSPS) is 9.73. The van der Waals surface area contributed by atoms with Gasteiger partial charge in [0.2, 0.25) is 0 Å². The summed E-state index contributed by atoms with van der Waals surface area (Å²) in [6.45, 7) is -0.0365. The number of urea groups is 1. The molecule has 0 saturated carbocycles. The molecule has 3 nitrogen and oxygen atoms in total. The van der Waals surface area contributed by atoms with Crippen LogP contribution < -0.4 is 10.6 Å². The molecule has 0 aliphatic carbocycles. The number of benzene rings is 1. The second-order valence-corrected chi connectivity index (χ2v) is 4.05. The Bertz CT molecular complexity index is 333. The second-order valence-electron chi connectivity index (χ2n) is 2.89. The Kier molecular flexibility index (Phi) is 5.38. The van der Waals surface area contributed by atoms with Crippen molar-refractivity contribution in [3.63, 3.8) is 0 Å². The predicted molar refractivity (Wildman–Crippen MR) is 65.4 cm³/mol. The van der Waals surface area contributed by atoms with Gasteiger partial charge in [-0.05, 0) is 34.2 Å². The molecule has 1 aromatic carbocycles. The van der Waals surface area contributed by atoms with E-state index >= 15 is 0 Å². The van der Waals surface area contributed by atoms with Gasteiger partial charge in [0.25, 0.3) is 0 Å². The fraction of sp³-hybridized carbons (Fsp3) is 0.300. The van der Waals surface area contributed by atoms with E-state index in [0.717, 1.165) is 9.13 Å². The van der Waals surface area contributed by atoms with Gasteiger partial charge in [-0.25, -0.2) is 9.18 Å². The SMILES string of the molecule is O=C(NCCF)NCc1ccccc1I. The topological polar surface area (TPSA) is 41.1 Å². The third-order valence-corrected chi connectivity index (χ3v) is 2.83. The number of amides is 2. The van der Waals surface area contributed by atoms with E-state index in [0.29, 0.717) is 6.54 Å². The van der Waals surface area contributed by atoms with Crippen molar-refractivity contribution in [2.75, 3.05) is 13.2 Å². The van der Waals surface area contributed by atoms with E-state index in [2.05, 4.69) is 33.2 Å². The van der Waals surface area contributed by atoms with Crippen molar-refractivity contribution in [2.45, 2.75) is 6.54 Å². The van der Waals surface area contributed by atoms with Crippen LogP contribution in [0.5, 0.6) is 0 Å². The predicted octanol–water partition coefficient (Wildman–Crippen LogP) is 2.06. The number of carbonyl (C=O) groups is 1. The first kappa shape index (κ1) is 12.2. The van der Waals surface area contributed by atoms with E-state index in [1.165, 1.54) is 0 Å². The summed E-state index contributed by atoms with van der Waals surface area (Å²) in [5.41, 5.74) is 1.05. The van der Waals surface area contributed by atoms with Crippen molar-refractivity contribution in [2.24, 2.45) is 0 Å². The van der Waals surface area contributed by atoms with Crippen LogP contribution in [0.25, 0.3) is 0 Å². The number of hydrogen-bond donors (Lipinski definition) is 2. The summed E-state index contributed by atoms with van der Waals surface area (Å²) in [6, 6.07) is 7.42. The molecule has 0 fully saturated rings. The lowest BCUT2D eigenvalue weighted by Gasteiger charge is -2.07. The maximum absolute atomic E-state index is 11.7. The summed E-state index contributed by atoms with van der Waals surface area (Å²) in [4.78, 5) is 11.1. The molecular weight excluding hydrogens is 310 g/mol. The summed E-state index contributed by atoms with van der Waals surface area (Å²) in [6.07, 6.45) is 0. The molecule has 5 heteroatoms. The molecule has 0 spiro atoms. The van der Waals surface area contributed by atoms with Gasteiger partial charge < -0.3 is 10.6 Å². The third-order valence-electron chi connectivity index (χ3n) is 1.78. The van der Waals surface area contributed by atoms with Crippen molar-refractivity contribution in [1.82, 2.24) is 10.6 Å². The van der Waals surface area contributed by atoms with Crippen LogP contribution in [0.4, 0.5) is 9.18 Å². The van der Waals surface area contributed by atoms with E-state index in [9.17, 15) is 9.18 Å². The number of hydrogen-bond acceptors (Lipinski definition) is 1. The minimum atomic E-state index is -0.545. The second kappa shape index (κ2) is 6.60. The van der Waals surface area contributed by atoms with Gasteiger partial charge in [0.05, 0.1) is 0 Å². The molecule has 2 N–H and O–H groups in total. The first-order valence-corrected chi connectivity index (χ1v) is 5.63. The van der Waals surface area contributed by atoms with Gasteiger partial charge >= 0.3 is 6.03 Å². The Labute approximate surface area is 102 Å². The lowest BCUT2D eigenvalue weighted by Crippen LogP contribution is -2.36. The lowest BCUT2D eigenvalue weighted by atomic mass is 10.2. The average molecular weight is 322 g/mol. The van der Waals surface area contributed by atoms with Gasteiger partial charge in [0.1, 0.15) is 6.67 Å². The van der Waals surface area contributed by atoms with Crippen LogP contribution in [0.2, 0.25) is 0 Å². The van der Waals surface area contributed by atoms with Gasteiger partial charge in [-0.3, -0.25) is 0 Å². The monoisotopic (exact) mass is 322 g/mol. The van der Waals surface area contributed by atoms with Crippen LogP contribution in [0.15, 0.2) is 24.3 Å². The molecule has 0 saturated heterocycles. The van der Waals surface area contributed by atoms with Crippen molar-refractivity contribution in [1.29, 1.82) is 0 Å². The van der Waals surface area contributed by atoms with Crippen molar-refractivity contribution in [3.8, 4) is 0 Å². The lowest BCUT2D eigenvalue weighted by molar-refractivity contribution is 0.239. The first-order valence-electron chi connectivity index (χ1n) is 4.55. The van der Waals surface area contributed by atoms with Crippen molar-refractivity contribution in [3.05, 3.63) is 33.4 Å². The number of alkyl halides is 1. The molecule has 0 radical (unpaired) electrons. The van der Waals surface area contributed by atoms with Crippen molar-refractivity contribution >= 4 is 28.6 Å². The first-order chi connectivity index (χ1) is 7.24. The molecule has 0 aliphatic heterocycles. The molecule has 0 aromatic heterocycles. The molecule has 2 amide bonds. The third kappa shape index (κ3) is 4.46. The molecule has 1 aromatic rings. The Morgan fingerprint density at radius 2 is 2.07 bits per heavy atom. The number of rotatable bonds is 4.